The van der Waals surface area contributed by atoms with Gasteiger partial charge in [0.2, 0.25) is 11.7 Å². The monoisotopic (exact) mass is 539 g/mol. The summed E-state index contributed by atoms with van der Waals surface area (Å²) < 4.78 is 16.5. The zero-order valence-electron chi connectivity index (χ0n) is 24.3. The summed E-state index contributed by atoms with van der Waals surface area (Å²) in [7, 11) is 4.71. The van der Waals surface area contributed by atoms with Crippen LogP contribution in [0.15, 0.2) is 23.8 Å². The molecule has 8 heteroatoms. The number of nitrogens with zero attached hydrogens (tertiary/aromatic N) is 3. The number of hydrogen-bond donors (Lipinski definition) is 0. The highest BCUT2D eigenvalue weighted by Gasteiger charge is 2.51. The van der Waals surface area contributed by atoms with Gasteiger partial charge in [-0.3, -0.25) is 14.5 Å². The van der Waals surface area contributed by atoms with Crippen molar-refractivity contribution < 1.29 is 23.8 Å². The Hall–Kier alpha value is -2.74. The van der Waals surface area contributed by atoms with Crippen LogP contribution in [0.25, 0.3) is 0 Å². The number of benzene rings is 1. The summed E-state index contributed by atoms with van der Waals surface area (Å²) in [6, 6.07) is 3.50. The lowest BCUT2D eigenvalue weighted by Crippen LogP contribution is -2.53. The van der Waals surface area contributed by atoms with Crippen LogP contribution < -0.4 is 14.2 Å². The van der Waals surface area contributed by atoms with E-state index in [-0.39, 0.29) is 11.8 Å². The van der Waals surface area contributed by atoms with E-state index in [1.54, 1.807) is 33.5 Å². The minimum Gasteiger partial charge on any atom is -0.493 e. The Balaban J connectivity index is 1.30. The number of carbonyl (C=O) groups is 2. The Kier molecular flexibility index (Phi) is 8.13. The number of hydrogen-bond acceptors (Lipinski definition) is 6. The number of allylic oxidation sites excluding steroid dienone is 1. The van der Waals surface area contributed by atoms with Crippen LogP contribution in [-0.4, -0.2) is 93.7 Å². The highest BCUT2D eigenvalue weighted by Crippen LogP contribution is 2.59. The third-order valence-corrected chi connectivity index (χ3v) is 9.98. The van der Waals surface area contributed by atoms with E-state index in [1.807, 2.05) is 9.80 Å². The van der Waals surface area contributed by atoms with Crippen molar-refractivity contribution in [3.8, 4) is 17.2 Å². The summed E-state index contributed by atoms with van der Waals surface area (Å²) in [6.45, 7) is 10.0. The standard InChI is InChI=1S/C31H45N3O5/c1-31(2)24-10-9-22(25(31)19-24)20-34(30(36)23-17-26(37-3)28(39-5)27(18-23)38-4)16-13-32-11-14-33(15-12-32)29(35)21-7-6-8-21/h9,17-18,21,24-25H,6-8,10-16,19-20H2,1-5H3. The lowest BCUT2D eigenvalue weighted by Gasteiger charge is -2.57. The van der Waals surface area contributed by atoms with Crippen LogP contribution in [0.5, 0.6) is 17.2 Å². The Bertz CT molecular complexity index is 1080. The number of fused-ring (bicyclic) bond motifs is 1. The molecule has 1 aromatic rings. The zero-order valence-corrected chi connectivity index (χ0v) is 24.3. The molecular weight excluding hydrogens is 494 g/mol. The van der Waals surface area contributed by atoms with E-state index in [4.69, 9.17) is 14.2 Å². The maximum absolute atomic E-state index is 14.0. The molecule has 2 saturated carbocycles. The SMILES string of the molecule is COc1cc(C(=O)N(CCN2CCN(C(=O)C3CCC3)CC2)CC2=CCC3CC2C3(C)C)cc(OC)c1OC. The van der Waals surface area contributed by atoms with Crippen LogP contribution >= 0.6 is 0 Å². The molecule has 5 aliphatic rings. The summed E-state index contributed by atoms with van der Waals surface area (Å²) >= 11 is 0. The van der Waals surface area contributed by atoms with Gasteiger partial charge < -0.3 is 24.0 Å². The highest BCUT2D eigenvalue weighted by atomic mass is 16.5. The van der Waals surface area contributed by atoms with E-state index in [1.165, 1.54) is 18.4 Å². The van der Waals surface area contributed by atoms with Crippen LogP contribution in [0.1, 0.15) is 56.3 Å². The van der Waals surface area contributed by atoms with Crippen molar-refractivity contribution >= 4 is 11.8 Å². The summed E-state index contributed by atoms with van der Waals surface area (Å²) in [5.41, 5.74) is 2.22. The Morgan fingerprint density at radius 3 is 2.18 bits per heavy atom. The fraction of sp³-hybridized carbons (Fsp3) is 0.677. The topological polar surface area (TPSA) is 71.6 Å². The molecule has 2 bridgehead atoms. The van der Waals surface area contributed by atoms with Crippen molar-refractivity contribution in [3.63, 3.8) is 0 Å². The molecule has 2 atom stereocenters. The van der Waals surface area contributed by atoms with E-state index < -0.39 is 0 Å². The molecule has 0 spiro atoms. The fourth-order valence-electron chi connectivity index (χ4n) is 6.88. The first-order chi connectivity index (χ1) is 18.8. The minimum atomic E-state index is -0.0341. The van der Waals surface area contributed by atoms with Crippen LogP contribution in [0.2, 0.25) is 0 Å². The minimum absolute atomic E-state index is 0.0341. The maximum atomic E-state index is 14.0. The van der Waals surface area contributed by atoms with E-state index in [0.717, 1.165) is 57.9 Å². The van der Waals surface area contributed by atoms with Crippen molar-refractivity contribution in [2.45, 2.75) is 46.0 Å². The molecule has 1 aliphatic heterocycles. The van der Waals surface area contributed by atoms with E-state index in [0.29, 0.717) is 53.1 Å². The predicted octanol–water partition coefficient (Wildman–Crippen LogP) is 4.09. The van der Waals surface area contributed by atoms with Gasteiger partial charge in [0.1, 0.15) is 0 Å². The van der Waals surface area contributed by atoms with E-state index in [9.17, 15) is 9.59 Å². The smallest absolute Gasteiger partial charge is 0.254 e. The molecule has 39 heavy (non-hydrogen) atoms. The Morgan fingerprint density at radius 2 is 1.67 bits per heavy atom. The maximum Gasteiger partial charge on any atom is 0.254 e. The lowest BCUT2D eigenvalue weighted by atomic mass is 9.49. The molecular formula is C31H45N3O5. The first kappa shape index (κ1) is 27.8. The van der Waals surface area contributed by atoms with Gasteiger partial charge in [0.05, 0.1) is 21.3 Å². The van der Waals surface area contributed by atoms with Crippen molar-refractivity contribution in [1.82, 2.24) is 14.7 Å². The summed E-state index contributed by atoms with van der Waals surface area (Å²) in [5.74, 6) is 3.28. The third kappa shape index (κ3) is 5.37. The molecule has 214 valence electrons. The van der Waals surface area contributed by atoms with Gasteiger partial charge in [0.25, 0.3) is 5.91 Å². The van der Waals surface area contributed by atoms with Crippen molar-refractivity contribution in [1.29, 1.82) is 0 Å². The molecule has 0 aromatic heterocycles. The number of ether oxygens (including phenoxy) is 3. The van der Waals surface area contributed by atoms with Crippen LogP contribution in [0.3, 0.4) is 0 Å². The largest absolute Gasteiger partial charge is 0.493 e. The second-order valence-electron chi connectivity index (χ2n) is 12.3. The summed E-state index contributed by atoms with van der Waals surface area (Å²) in [6.07, 6.45) is 7.98. The summed E-state index contributed by atoms with van der Waals surface area (Å²) in [5, 5.41) is 0. The van der Waals surface area contributed by atoms with Crippen molar-refractivity contribution in [2.24, 2.45) is 23.2 Å². The van der Waals surface area contributed by atoms with E-state index >= 15 is 0 Å². The van der Waals surface area contributed by atoms with Gasteiger partial charge in [-0.05, 0) is 55.1 Å². The van der Waals surface area contributed by atoms with Gasteiger partial charge in [0.15, 0.2) is 11.5 Å². The van der Waals surface area contributed by atoms with Gasteiger partial charge in [-0.1, -0.05) is 31.9 Å². The first-order valence-corrected chi connectivity index (χ1v) is 14.6. The number of methoxy groups -OCH3 is 3. The molecule has 3 fully saturated rings. The van der Waals surface area contributed by atoms with Crippen molar-refractivity contribution in [2.75, 3.05) is 67.1 Å². The molecule has 1 aromatic carbocycles. The average Bonchev–Trinajstić information content (AvgIpc) is 2.93. The van der Waals surface area contributed by atoms with Crippen LogP contribution in [0, 0.1) is 23.2 Å². The van der Waals surface area contributed by atoms with Gasteiger partial charge in [0, 0.05) is 57.3 Å². The predicted molar refractivity (Wildman–Crippen MR) is 150 cm³/mol. The number of rotatable bonds is 10. The van der Waals surface area contributed by atoms with Gasteiger partial charge in [-0.15, -0.1) is 0 Å². The molecule has 6 rings (SSSR count). The fourth-order valence-corrected chi connectivity index (χ4v) is 6.88. The quantitative estimate of drug-likeness (QED) is 0.417. The Labute approximate surface area is 233 Å². The van der Waals surface area contributed by atoms with Crippen molar-refractivity contribution in [3.05, 3.63) is 29.3 Å². The van der Waals surface area contributed by atoms with Gasteiger partial charge >= 0.3 is 0 Å². The van der Waals surface area contributed by atoms with Gasteiger partial charge in [-0.25, -0.2) is 0 Å². The number of piperazine rings is 1. The molecule has 1 saturated heterocycles. The third-order valence-electron chi connectivity index (χ3n) is 9.98. The number of carbonyl (C=O) groups excluding carboxylic acids is 2. The number of amides is 2. The molecule has 4 aliphatic carbocycles. The Morgan fingerprint density at radius 1 is 1.00 bits per heavy atom. The normalized spacial score (nSPS) is 24.2. The average molecular weight is 540 g/mol. The molecule has 2 amide bonds. The highest BCUT2D eigenvalue weighted by molar-refractivity contribution is 5.96. The van der Waals surface area contributed by atoms with E-state index in [2.05, 4.69) is 24.8 Å². The first-order valence-electron chi connectivity index (χ1n) is 14.6. The second kappa shape index (κ2) is 11.4. The van der Waals surface area contributed by atoms with Crippen LogP contribution in [0.4, 0.5) is 0 Å². The lowest BCUT2D eigenvalue weighted by molar-refractivity contribution is -0.139. The summed E-state index contributed by atoms with van der Waals surface area (Å²) in [4.78, 5) is 33.1. The zero-order chi connectivity index (χ0) is 27.7. The van der Waals surface area contributed by atoms with Crippen LogP contribution in [-0.2, 0) is 4.79 Å². The second-order valence-corrected chi connectivity index (χ2v) is 12.3. The molecule has 0 N–H and O–H groups in total. The van der Waals surface area contributed by atoms with Gasteiger partial charge in [-0.2, -0.15) is 0 Å². The molecule has 8 nitrogen and oxygen atoms in total. The molecule has 0 radical (unpaired) electrons. The molecule has 2 unspecified atom stereocenters. The molecule has 1 heterocycles.